The van der Waals surface area contributed by atoms with Crippen LogP contribution < -0.4 is 10.6 Å². The van der Waals surface area contributed by atoms with E-state index in [1.165, 1.54) is 11.0 Å². The number of likely N-dealkylation sites (tertiary alicyclic amines) is 1. The highest BCUT2D eigenvalue weighted by atomic mass is 35.5. The number of piperidine rings is 1. The monoisotopic (exact) mass is 538 g/mol. The van der Waals surface area contributed by atoms with Crippen molar-refractivity contribution in [3.63, 3.8) is 0 Å². The minimum absolute atomic E-state index is 0. The number of unbranched alkanes of at least 4 members (excludes halogenated alkanes) is 2. The van der Waals surface area contributed by atoms with Crippen LogP contribution >= 0.6 is 12.4 Å². The molecule has 202 valence electrons. The number of alkyl halides is 3. The standard InChI is InChI=1S/C27H33F3N4O2.ClH/c28-27(29,30)23-19-22(9-10-24(23)31)33-15-13-32(14-16-33)11-5-2-6-12-34-25(35)17-21(18-26(34)36)20-7-3-1-4-8-20;/h1,3-4,7-10,19,21H,2,5-6,11-18,31H2;1H. The van der Waals surface area contributed by atoms with Crippen LogP contribution in [0.4, 0.5) is 24.5 Å². The Bertz CT molecular complexity index is 1040. The molecule has 4 rings (SSSR count). The lowest BCUT2D eigenvalue weighted by atomic mass is 9.88. The van der Waals surface area contributed by atoms with E-state index in [-0.39, 0.29) is 35.8 Å². The van der Waals surface area contributed by atoms with E-state index in [1.54, 1.807) is 6.07 Å². The van der Waals surface area contributed by atoms with Crippen molar-refractivity contribution in [3.8, 4) is 0 Å². The first kappa shape index (κ1) is 28.8. The number of anilines is 2. The van der Waals surface area contributed by atoms with Gasteiger partial charge in [0.1, 0.15) is 0 Å². The lowest BCUT2D eigenvalue weighted by molar-refractivity contribution is -0.148. The summed E-state index contributed by atoms with van der Waals surface area (Å²) in [6.45, 7) is 4.21. The minimum Gasteiger partial charge on any atom is -0.398 e. The molecule has 2 aromatic carbocycles. The van der Waals surface area contributed by atoms with Crippen LogP contribution in [-0.4, -0.2) is 60.9 Å². The Morgan fingerprint density at radius 3 is 2.08 bits per heavy atom. The fourth-order valence-electron chi connectivity index (χ4n) is 5.06. The minimum atomic E-state index is -4.46. The lowest BCUT2D eigenvalue weighted by Crippen LogP contribution is -2.46. The van der Waals surface area contributed by atoms with Crippen LogP contribution in [0, 0.1) is 0 Å². The molecule has 0 aliphatic carbocycles. The molecule has 2 N–H and O–H groups in total. The molecule has 0 atom stereocenters. The van der Waals surface area contributed by atoms with Crippen molar-refractivity contribution in [3.05, 3.63) is 59.7 Å². The molecule has 6 nitrogen and oxygen atoms in total. The number of hydrogen-bond donors (Lipinski definition) is 1. The molecule has 2 amide bonds. The summed E-state index contributed by atoms with van der Waals surface area (Å²) >= 11 is 0. The summed E-state index contributed by atoms with van der Waals surface area (Å²) in [6, 6.07) is 13.8. The second-order valence-electron chi connectivity index (χ2n) is 9.61. The van der Waals surface area contributed by atoms with Crippen LogP contribution in [0.15, 0.2) is 48.5 Å². The predicted octanol–water partition coefficient (Wildman–Crippen LogP) is 4.93. The van der Waals surface area contributed by atoms with Crippen LogP contribution in [0.5, 0.6) is 0 Å². The van der Waals surface area contributed by atoms with Crippen LogP contribution in [0.1, 0.15) is 49.1 Å². The zero-order valence-corrected chi connectivity index (χ0v) is 21.6. The van der Waals surface area contributed by atoms with Crippen LogP contribution in [0.25, 0.3) is 0 Å². The van der Waals surface area contributed by atoms with E-state index in [1.807, 2.05) is 35.2 Å². The molecule has 2 aromatic rings. The van der Waals surface area contributed by atoms with Crippen molar-refractivity contribution in [1.29, 1.82) is 0 Å². The summed E-state index contributed by atoms with van der Waals surface area (Å²) in [4.78, 5) is 30.8. The molecule has 2 aliphatic heterocycles. The summed E-state index contributed by atoms with van der Waals surface area (Å²) < 4.78 is 39.5. The number of carbonyl (C=O) groups excluding carboxylic acids is 2. The first-order valence-electron chi connectivity index (χ1n) is 12.5. The fourth-order valence-corrected chi connectivity index (χ4v) is 5.06. The Balaban J connectivity index is 0.00000380. The number of benzene rings is 2. The van der Waals surface area contributed by atoms with Gasteiger partial charge in [0.15, 0.2) is 0 Å². The summed E-state index contributed by atoms with van der Waals surface area (Å²) in [5, 5.41) is 0. The van der Waals surface area contributed by atoms with E-state index in [0.29, 0.717) is 38.2 Å². The van der Waals surface area contributed by atoms with Gasteiger partial charge in [-0.15, -0.1) is 12.4 Å². The van der Waals surface area contributed by atoms with Crippen LogP contribution in [-0.2, 0) is 15.8 Å². The molecule has 2 saturated heterocycles. The molecule has 0 spiro atoms. The number of nitrogens with zero attached hydrogens (tertiary/aromatic N) is 3. The van der Waals surface area contributed by atoms with Gasteiger partial charge in [-0.05, 0) is 43.1 Å². The van der Waals surface area contributed by atoms with Crippen molar-refractivity contribution >= 4 is 35.6 Å². The highest BCUT2D eigenvalue weighted by molar-refractivity contribution is 5.98. The zero-order chi connectivity index (χ0) is 25.7. The Kier molecular flexibility index (Phi) is 9.84. The van der Waals surface area contributed by atoms with Crippen molar-refractivity contribution < 1.29 is 22.8 Å². The first-order chi connectivity index (χ1) is 17.2. The third-order valence-corrected chi connectivity index (χ3v) is 7.15. The van der Waals surface area contributed by atoms with E-state index >= 15 is 0 Å². The molecule has 0 aromatic heterocycles. The lowest BCUT2D eigenvalue weighted by Gasteiger charge is -2.36. The first-order valence-corrected chi connectivity index (χ1v) is 12.5. The summed E-state index contributed by atoms with van der Waals surface area (Å²) in [6.07, 6.45) is -1.08. The number of imide groups is 1. The number of hydrogen-bond acceptors (Lipinski definition) is 5. The van der Waals surface area contributed by atoms with Gasteiger partial charge in [0, 0.05) is 62.9 Å². The molecule has 2 aliphatic rings. The van der Waals surface area contributed by atoms with Gasteiger partial charge in [-0.2, -0.15) is 13.2 Å². The molecule has 2 fully saturated rings. The molecule has 10 heteroatoms. The van der Waals surface area contributed by atoms with Crippen LogP contribution in [0.3, 0.4) is 0 Å². The van der Waals surface area contributed by atoms with E-state index in [9.17, 15) is 22.8 Å². The second kappa shape index (κ2) is 12.6. The number of carbonyl (C=O) groups is 2. The Labute approximate surface area is 222 Å². The predicted molar refractivity (Wildman–Crippen MR) is 141 cm³/mol. The summed E-state index contributed by atoms with van der Waals surface area (Å²) in [7, 11) is 0. The number of piperazine rings is 1. The van der Waals surface area contributed by atoms with Gasteiger partial charge in [0.2, 0.25) is 11.8 Å². The maximum Gasteiger partial charge on any atom is 0.418 e. The third-order valence-electron chi connectivity index (χ3n) is 7.15. The smallest absolute Gasteiger partial charge is 0.398 e. The number of nitrogens with two attached hydrogens (primary N) is 1. The Morgan fingerprint density at radius 1 is 0.838 bits per heavy atom. The molecular formula is C27H34ClF3N4O2. The van der Waals surface area contributed by atoms with Gasteiger partial charge < -0.3 is 10.6 Å². The van der Waals surface area contributed by atoms with Crippen LogP contribution in [0.2, 0.25) is 0 Å². The summed E-state index contributed by atoms with van der Waals surface area (Å²) in [5.41, 5.74) is 6.05. The Morgan fingerprint density at radius 2 is 1.46 bits per heavy atom. The highest BCUT2D eigenvalue weighted by Crippen LogP contribution is 2.36. The van der Waals surface area contributed by atoms with Gasteiger partial charge in [-0.25, -0.2) is 0 Å². The molecule has 0 unspecified atom stereocenters. The van der Waals surface area contributed by atoms with E-state index in [2.05, 4.69) is 4.90 Å². The topological polar surface area (TPSA) is 69.9 Å². The largest absolute Gasteiger partial charge is 0.418 e. The Hall–Kier alpha value is -2.78. The molecule has 0 radical (unpaired) electrons. The third kappa shape index (κ3) is 7.38. The van der Waals surface area contributed by atoms with Gasteiger partial charge in [0.25, 0.3) is 0 Å². The number of amides is 2. The molecule has 0 saturated carbocycles. The second-order valence-corrected chi connectivity index (χ2v) is 9.61. The average Bonchev–Trinajstić information content (AvgIpc) is 2.85. The van der Waals surface area contributed by atoms with E-state index in [4.69, 9.17) is 5.73 Å². The fraction of sp³-hybridized carbons (Fsp3) is 0.481. The maximum atomic E-state index is 13.2. The molecule has 2 heterocycles. The van der Waals surface area contributed by atoms with Gasteiger partial charge in [-0.3, -0.25) is 19.4 Å². The normalized spacial score (nSPS) is 17.7. The molecule has 37 heavy (non-hydrogen) atoms. The molecule has 0 bridgehead atoms. The van der Waals surface area contributed by atoms with E-state index < -0.39 is 11.7 Å². The number of halogens is 4. The quantitative estimate of drug-likeness (QED) is 0.293. The number of rotatable bonds is 8. The SMILES string of the molecule is Cl.Nc1ccc(N2CCN(CCCCCN3C(=O)CC(c4ccccc4)CC3=O)CC2)cc1C(F)(F)F. The molecular weight excluding hydrogens is 505 g/mol. The zero-order valence-electron chi connectivity index (χ0n) is 20.8. The summed E-state index contributed by atoms with van der Waals surface area (Å²) in [5.74, 6) is -0.213. The van der Waals surface area contributed by atoms with Gasteiger partial charge in [0.05, 0.1) is 5.56 Å². The average molecular weight is 539 g/mol. The number of nitrogen functional groups attached to an aromatic ring is 1. The highest BCUT2D eigenvalue weighted by Gasteiger charge is 2.34. The van der Waals surface area contributed by atoms with Gasteiger partial charge in [-0.1, -0.05) is 36.8 Å². The van der Waals surface area contributed by atoms with Crippen molar-refractivity contribution in [2.24, 2.45) is 0 Å². The van der Waals surface area contributed by atoms with Crippen molar-refractivity contribution in [2.45, 2.75) is 44.2 Å². The van der Waals surface area contributed by atoms with Crippen molar-refractivity contribution in [2.75, 3.05) is 49.9 Å². The maximum absolute atomic E-state index is 13.2. The van der Waals surface area contributed by atoms with E-state index in [0.717, 1.165) is 50.5 Å². The van der Waals surface area contributed by atoms with Gasteiger partial charge >= 0.3 is 6.18 Å². The van der Waals surface area contributed by atoms with Crippen molar-refractivity contribution in [1.82, 2.24) is 9.80 Å².